The van der Waals surface area contributed by atoms with Crippen LogP contribution >= 0.6 is 0 Å². The number of hydrogen-bond acceptors (Lipinski definition) is 5. The molecule has 0 unspecified atom stereocenters. The third kappa shape index (κ3) is 3.72. The van der Waals surface area contributed by atoms with Crippen LogP contribution in [-0.2, 0) is 23.1 Å². The minimum atomic E-state index is -3.48. The number of hydrogen-bond donors (Lipinski definition) is 2. The van der Waals surface area contributed by atoms with Crippen LogP contribution in [0.15, 0.2) is 51.9 Å². The summed E-state index contributed by atoms with van der Waals surface area (Å²) in [7, 11) is -0.420. The van der Waals surface area contributed by atoms with Gasteiger partial charge in [-0.1, -0.05) is 18.2 Å². The fourth-order valence-corrected chi connectivity index (χ4v) is 3.77. The van der Waals surface area contributed by atoms with Crippen LogP contribution in [0, 0.1) is 6.92 Å². The highest BCUT2D eigenvalue weighted by molar-refractivity contribution is 7.89. The maximum Gasteiger partial charge on any atom is 0.242 e. The van der Waals surface area contributed by atoms with Crippen molar-refractivity contribution in [2.24, 2.45) is 0 Å². The van der Waals surface area contributed by atoms with E-state index in [1.807, 2.05) is 31.2 Å². The SMILES string of the molecule is Cc1ccc(-c2[nH]ncc2CNCc2ccccc2S(=O)(=O)N(C)C)o1. The van der Waals surface area contributed by atoms with Gasteiger partial charge in [0.15, 0.2) is 5.76 Å². The highest BCUT2D eigenvalue weighted by Gasteiger charge is 2.20. The van der Waals surface area contributed by atoms with Gasteiger partial charge in [-0.25, -0.2) is 12.7 Å². The van der Waals surface area contributed by atoms with Gasteiger partial charge < -0.3 is 9.73 Å². The van der Waals surface area contributed by atoms with Crippen LogP contribution in [0.5, 0.6) is 0 Å². The summed E-state index contributed by atoms with van der Waals surface area (Å²) < 4.78 is 31.8. The second-order valence-electron chi connectivity index (χ2n) is 6.18. The Morgan fingerprint density at radius 3 is 2.54 bits per heavy atom. The number of aromatic amines is 1. The molecule has 3 rings (SSSR count). The average Bonchev–Trinajstić information content (AvgIpc) is 3.23. The molecule has 138 valence electrons. The average molecular weight is 374 g/mol. The van der Waals surface area contributed by atoms with E-state index in [2.05, 4.69) is 15.5 Å². The molecule has 0 radical (unpaired) electrons. The van der Waals surface area contributed by atoms with Gasteiger partial charge in [-0.3, -0.25) is 5.10 Å². The number of nitrogens with one attached hydrogen (secondary N) is 2. The van der Waals surface area contributed by atoms with Crippen molar-refractivity contribution in [3.8, 4) is 11.5 Å². The first-order valence-electron chi connectivity index (χ1n) is 8.20. The van der Waals surface area contributed by atoms with Gasteiger partial charge >= 0.3 is 0 Å². The molecule has 0 amide bonds. The van der Waals surface area contributed by atoms with E-state index in [9.17, 15) is 8.42 Å². The molecule has 2 N–H and O–H groups in total. The lowest BCUT2D eigenvalue weighted by Gasteiger charge is -2.15. The lowest BCUT2D eigenvalue weighted by atomic mass is 10.2. The molecule has 2 aromatic heterocycles. The van der Waals surface area contributed by atoms with Crippen LogP contribution in [0.1, 0.15) is 16.9 Å². The van der Waals surface area contributed by atoms with Crippen LogP contribution in [-0.4, -0.2) is 37.0 Å². The quantitative estimate of drug-likeness (QED) is 0.663. The maximum atomic E-state index is 12.5. The Kier molecular flexibility index (Phi) is 5.26. The summed E-state index contributed by atoms with van der Waals surface area (Å²) in [5, 5.41) is 10.3. The van der Waals surface area contributed by atoms with Gasteiger partial charge in [-0.2, -0.15) is 5.10 Å². The van der Waals surface area contributed by atoms with Crippen molar-refractivity contribution >= 4 is 10.0 Å². The summed E-state index contributed by atoms with van der Waals surface area (Å²) in [6, 6.07) is 10.8. The molecule has 2 heterocycles. The highest BCUT2D eigenvalue weighted by atomic mass is 32.2. The van der Waals surface area contributed by atoms with Crippen molar-refractivity contribution in [1.82, 2.24) is 19.8 Å². The number of H-pyrrole nitrogens is 1. The van der Waals surface area contributed by atoms with Crippen molar-refractivity contribution in [2.75, 3.05) is 14.1 Å². The van der Waals surface area contributed by atoms with E-state index >= 15 is 0 Å². The first-order valence-corrected chi connectivity index (χ1v) is 9.64. The fourth-order valence-electron chi connectivity index (χ4n) is 2.66. The fraction of sp³-hybridized carbons (Fsp3) is 0.278. The van der Waals surface area contributed by atoms with Gasteiger partial charge in [0.05, 0.1) is 11.1 Å². The molecule has 26 heavy (non-hydrogen) atoms. The second kappa shape index (κ2) is 7.45. The van der Waals surface area contributed by atoms with Crippen molar-refractivity contribution in [1.29, 1.82) is 0 Å². The number of nitrogens with zero attached hydrogens (tertiary/aromatic N) is 2. The summed E-state index contributed by atoms with van der Waals surface area (Å²) in [4.78, 5) is 0.312. The zero-order chi connectivity index (χ0) is 18.7. The number of aromatic nitrogens is 2. The predicted molar refractivity (Wildman–Crippen MR) is 98.9 cm³/mol. The van der Waals surface area contributed by atoms with E-state index in [1.165, 1.54) is 18.4 Å². The van der Waals surface area contributed by atoms with Gasteiger partial charge in [0.1, 0.15) is 11.5 Å². The van der Waals surface area contributed by atoms with Gasteiger partial charge in [0, 0.05) is 32.7 Å². The van der Waals surface area contributed by atoms with Gasteiger partial charge in [0.25, 0.3) is 0 Å². The van der Waals surface area contributed by atoms with E-state index < -0.39 is 10.0 Å². The molecule has 0 spiro atoms. The monoisotopic (exact) mass is 374 g/mol. The summed E-state index contributed by atoms with van der Waals surface area (Å²) in [5.41, 5.74) is 2.49. The van der Waals surface area contributed by atoms with Crippen LogP contribution in [0.25, 0.3) is 11.5 Å². The highest BCUT2D eigenvalue weighted by Crippen LogP contribution is 2.23. The lowest BCUT2D eigenvalue weighted by molar-refractivity contribution is 0.518. The molecule has 3 aromatic rings. The third-order valence-corrected chi connectivity index (χ3v) is 5.98. The van der Waals surface area contributed by atoms with Crippen molar-refractivity contribution in [3.05, 3.63) is 59.5 Å². The zero-order valence-corrected chi connectivity index (χ0v) is 15.8. The number of sulfonamides is 1. The standard InChI is InChI=1S/C18H22N4O3S/c1-13-8-9-16(25-13)18-15(12-20-21-18)11-19-10-14-6-4-5-7-17(14)26(23,24)22(2)3/h4-9,12,19H,10-11H2,1-3H3,(H,20,21). The van der Waals surface area contributed by atoms with Gasteiger partial charge in [-0.05, 0) is 30.7 Å². The van der Waals surface area contributed by atoms with Crippen molar-refractivity contribution in [2.45, 2.75) is 24.9 Å². The molecule has 0 bridgehead atoms. The van der Waals surface area contributed by atoms with Gasteiger partial charge in [-0.15, -0.1) is 0 Å². The van der Waals surface area contributed by atoms with E-state index in [-0.39, 0.29) is 0 Å². The van der Waals surface area contributed by atoms with Crippen molar-refractivity contribution < 1.29 is 12.8 Å². The Labute approximate surface area is 153 Å². The van der Waals surface area contributed by atoms with Crippen molar-refractivity contribution in [3.63, 3.8) is 0 Å². The number of benzene rings is 1. The molecule has 0 aliphatic heterocycles. The smallest absolute Gasteiger partial charge is 0.242 e. The predicted octanol–water partition coefficient (Wildman–Crippen LogP) is 2.52. The summed E-state index contributed by atoms with van der Waals surface area (Å²) >= 11 is 0. The third-order valence-electron chi connectivity index (χ3n) is 4.07. The Morgan fingerprint density at radius 1 is 1.12 bits per heavy atom. The molecule has 7 nitrogen and oxygen atoms in total. The lowest BCUT2D eigenvalue weighted by Crippen LogP contribution is -2.24. The molecule has 8 heteroatoms. The van der Waals surface area contributed by atoms with E-state index in [0.717, 1.165) is 28.3 Å². The largest absolute Gasteiger partial charge is 0.460 e. The second-order valence-corrected chi connectivity index (χ2v) is 8.30. The summed E-state index contributed by atoms with van der Waals surface area (Å²) in [6.07, 6.45) is 1.74. The van der Waals surface area contributed by atoms with E-state index in [4.69, 9.17) is 4.42 Å². The van der Waals surface area contributed by atoms with Gasteiger partial charge in [0.2, 0.25) is 10.0 Å². The Bertz CT molecular complexity index is 989. The minimum Gasteiger partial charge on any atom is -0.460 e. The molecular weight excluding hydrogens is 352 g/mol. The molecular formula is C18H22N4O3S. The normalized spacial score (nSPS) is 12.0. The van der Waals surface area contributed by atoms with Crippen LogP contribution in [0.3, 0.4) is 0 Å². The molecule has 1 aromatic carbocycles. The topological polar surface area (TPSA) is 91.2 Å². The Balaban J connectivity index is 1.74. The van der Waals surface area contributed by atoms with Crippen LogP contribution in [0.4, 0.5) is 0 Å². The molecule has 0 fully saturated rings. The summed E-state index contributed by atoms with van der Waals surface area (Å²) in [5.74, 6) is 1.56. The number of aryl methyl sites for hydroxylation is 1. The molecule has 0 aliphatic carbocycles. The maximum absolute atomic E-state index is 12.5. The molecule has 0 saturated heterocycles. The first kappa shape index (κ1) is 18.4. The zero-order valence-electron chi connectivity index (χ0n) is 15.0. The van der Waals surface area contributed by atoms with E-state index in [1.54, 1.807) is 18.3 Å². The Morgan fingerprint density at radius 2 is 1.85 bits per heavy atom. The van der Waals surface area contributed by atoms with Crippen LogP contribution in [0.2, 0.25) is 0 Å². The molecule has 0 atom stereocenters. The minimum absolute atomic E-state index is 0.312. The first-order chi connectivity index (χ1) is 12.4. The molecule has 0 saturated carbocycles. The number of rotatable bonds is 7. The molecule has 0 aliphatic rings. The number of furan rings is 1. The van der Waals surface area contributed by atoms with Crippen LogP contribution < -0.4 is 5.32 Å². The van der Waals surface area contributed by atoms with E-state index in [0.29, 0.717) is 18.0 Å². The Hall–Kier alpha value is -2.42. The summed E-state index contributed by atoms with van der Waals surface area (Å²) in [6.45, 7) is 2.84.